The predicted octanol–water partition coefficient (Wildman–Crippen LogP) is 5.89. The van der Waals surface area contributed by atoms with E-state index < -0.39 is 0 Å². The summed E-state index contributed by atoms with van der Waals surface area (Å²) in [7, 11) is 0. The summed E-state index contributed by atoms with van der Waals surface area (Å²) in [5, 5.41) is 0. The molecular formula is C17H34O. The lowest BCUT2D eigenvalue weighted by Gasteiger charge is -2.03. The smallest absolute Gasteiger partial charge is 0.0466 e. The molecule has 0 aromatic heterocycles. The van der Waals surface area contributed by atoms with Crippen LogP contribution in [0, 0.1) is 0 Å². The second kappa shape index (κ2) is 16.7. The summed E-state index contributed by atoms with van der Waals surface area (Å²) in [4.78, 5) is 0. The van der Waals surface area contributed by atoms with E-state index in [1.165, 1.54) is 70.6 Å². The van der Waals surface area contributed by atoms with Gasteiger partial charge < -0.3 is 4.74 Å². The van der Waals surface area contributed by atoms with Crippen molar-refractivity contribution in [2.45, 2.75) is 84.5 Å². The first kappa shape index (κ1) is 17.7. The molecule has 0 saturated carbocycles. The second-order valence-electron chi connectivity index (χ2n) is 5.14. The molecule has 0 radical (unpaired) electrons. The predicted molar refractivity (Wildman–Crippen MR) is 82.1 cm³/mol. The highest BCUT2D eigenvalue weighted by atomic mass is 16.5. The summed E-state index contributed by atoms with van der Waals surface area (Å²) in [5.41, 5.74) is 0. The molecule has 0 spiro atoms. The van der Waals surface area contributed by atoms with Crippen molar-refractivity contribution in [3.8, 4) is 0 Å². The maximum Gasteiger partial charge on any atom is 0.0466 e. The van der Waals surface area contributed by atoms with Gasteiger partial charge in [0.2, 0.25) is 0 Å². The quantitative estimate of drug-likeness (QED) is 0.277. The van der Waals surface area contributed by atoms with E-state index in [9.17, 15) is 0 Å². The highest BCUT2D eigenvalue weighted by Crippen LogP contribution is 2.07. The van der Waals surface area contributed by atoms with Gasteiger partial charge in [-0.2, -0.15) is 0 Å². The number of allylic oxidation sites excluding steroid dienone is 2. The van der Waals surface area contributed by atoms with Gasteiger partial charge in [-0.3, -0.25) is 0 Å². The Bertz CT molecular complexity index is 163. The summed E-state index contributed by atoms with van der Waals surface area (Å²) in [6.45, 7) is 6.38. The monoisotopic (exact) mass is 254 g/mol. The van der Waals surface area contributed by atoms with Crippen LogP contribution in [0.5, 0.6) is 0 Å². The first-order valence-corrected chi connectivity index (χ1v) is 8.14. The molecule has 0 aromatic carbocycles. The number of ether oxygens (including phenoxy) is 1. The largest absolute Gasteiger partial charge is 0.381 e. The van der Waals surface area contributed by atoms with E-state index in [-0.39, 0.29) is 0 Å². The SMILES string of the molecule is CCCC/C=C\CCCCCCCOCCCC. The Balaban J connectivity index is 2.96. The van der Waals surface area contributed by atoms with Gasteiger partial charge in [-0.15, -0.1) is 0 Å². The van der Waals surface area contributed by atoms with E-state index in [2.05, 4.69) is 26.0 Å². The number of unbranched alkanes of at least 4 members (excludes halogenated alkanes) is 8. The molecule has 0 aliphatic heterocycles. The molecule has 0 bridgehead atoms. The van der Waals surface area contributed by atoms with E-state index >= 15 is 0 Å². The van der Waals surface area contributed by atoms with Crippen LogP contribution in [-0.2, 0) is 4.74 Å². The van der Waals surface area contributed by atoms with Gasteiger partial charge in [-0.05, 0) is 32.1 Å². The second-order valence-corrected chi connectivity index (χ2v) is 5.14. The molecule has 0 heterocycles. The van der Waals surface area contributed by atoms with Crippen LogP contribution in [0.2, 0.25) is 0 Å². The molecule has 108 valence electrons. The molecule has 18 heavy (non-hydrogen) atoms. The zero-order chi connectivity index (χ0) is 13.3. The van der Waals surface area contributed by atoms with Gasteiger partial charge in [0.15, 0.2) is 0 Å². The molecule has 0 atom stereocenters. The van der Waals surface area contributed by atoms with Gasteiger partial charge in [0.25, 0.3) is 0 Å². The minimum absolute atomic E-state index is 0.957. The summed E-state index contributed by atoms with van der Waals surface area (Å²) >= 11 is 0. The maximum atomic E-state index is 5.55. The molecular weight excluding hydrogens is 220 g/mol. The summed E-state index contributed by atoms with van der Waals surface area (Å²) < 4.78 is 5.55. The molecule has 0 aromatic rings. The third-order valence-electron chi connectivity index (χ3n) is 3.19. The third-order valence-corrected chi connectivity index (χ3v) is 3.19. The lowest BCUT2D eigenvalue weighted by Crippen LogP contribution is -1.96. The lowest BCUT2D eigenvalue weighted by molar-refractivity contribution is 0.127. The van der Waals surface area contributed by atoms with Crippen molar-refractivity contribution in [1.82, 2.24) is 0 Å². The Morgan fingerprint density at radius 2 is 1.17 bits per heavy atom. The van der Waals surface area contributed by atoms with Crippen LogP contribution in [0.25, 0.3) is 0 Å². The van der Waals surface area contributed by atoms with Gasteiger partial charge in [0, 0.05) is 13.2 Å². The first-order valence-electron chi connectivity index (χ1n) is 8.14. The van der Waals surface area contributed by atoms with Crippen LogP contribution in [0.4, 0.5) is 0 Å². The topological polar surface area (TPSA) is 9.23 Å². The number of hydrogen-bond donors (Lipinski definition) is 0. The fraction of sp³-hybridized carbons (Fsp3) is 0.882. The van der Waals surface area contributed by atoms with Crippen LogP contribution in [0.1, 0.15) is 84.5 Å². The van der Waals surface area contributed by atoms with Crippen LogP contribution >= 0.6 is 0 Å². The van der Waals surface area contributed by atoms with Crippen LogP contribution in [0.3, 0.4) is 0 Å². The first-order chi connectivity index (χ1) is 8.91. The van der Waals surface area contributed by atoms with E-state index in [0.717, 1.165) is 13.2 Å². The minimum atomic E-state index is 0.957. The van der Waals surface area contributed by atoms with Crippen molar-refractivity contribution in [3.05, 3.63) is 12.2 Å². The van der Waals surface area contributed by atoms with E-state index in [1.807, 2.05) is 0 Å². The van der Waals surface area contributed by atoms with Gasteiger partial charge in [0.05, 0.1) is 0 Å². The highest BCUT2D eigenvalue weighted by molar-refractivity contribution is 4.81. The van der Waals surface area contributed by atoms with Gasteiger partial charge in [-0.25, -0.2) is 0 Å². The zero-order valence-electron chi connectivity index (χ0n) is 12.8. The molecule has 0 rings (SSSR count). The molecule has 0 unspecified atom stereocenters. The average molecular weight is 254 g/mol. The summed E-state index contributed by atoms with van der Waals surface area (Å²) in [6, 6.07) is 0. The fourth-order valence-corrected chi connectivity index (χ4v) is 1.90. The van der Waals surface area contributed by atoms with Crippen molar-refractivity contribution < 1.29 is 4.74 Å². The highest BCUT2D eigenvalue weighted by Gasteiger charge is 1.91. The Kier molecular flexibility index (Phi) is 16.4. The standard InChI is InChI=1S/C17H34O/c1-3-5-7-8-9-10-11-12-13-14-15-17-18-16-6-4-2/h8-9H,3-7,10-17H2,1-2H3/b9-8-. The van der Waals surface area contributed by atoms with Crippen molar-refractivity contribution in [2.75, 3.05) is 13.2 Å². The normalized spacial score (nSPS) is 11.4. The van der Waals surface area contributed by atoms with E-state index in [1.54, 1.807) is 0 Å². The Morgan fingerprint density at radius 3 is 1.89 bits per heavy atom. The Labute approximate surface area is 115 Å². The Morgan fingerprint density at radius 1 is 0.611 bits per heavy atom. The molecule has 0 fully saturated rings. The average Bonchev–Trinajstić information content (AvgIpc) is 2.39. The van der Waals surface area contributed by atoms with Crippen LogP contribution < -0.4 is 0 Å². The molecule has 0 amide bonds. The summed E-state index contributed by atoms with van der Waals surface area (Å²) in [5.74, 6) is 0. The lowest BCUT2D eigenvalue weighted by atomic mass is 10.1. The maximum absolute atomic E-state index is 5.55. The van der Waals surface area contributed by atoms with Gasteiger partial charge >= 0.3 is 0 Å². The molecule has 0 N–H and O–H groups in total. The van der Waals surface area contributed by atoms with Crippen molar-refractivity contribution in [2.24, 2.45) is 0 Å². The van der Waals surface area contributed by atoms with Crippen molar-refractivity contribution in [1.29, 1.82) is 0 Å². The Hall–Kier alpha value is -0.300. The molecule has 0 saturated heterocycles. The fourth-order valence-electron chi connectivity index (χ4n) is 1.90. The molecule has 1 heteroatoms. The van der Waals surface area contributed by atoms with Crippen LogP contribution in [0.15, 0.2) is 12.2 Å². The van der Waals surface area contributed by atoms with E-state index in [4.69, 9.17) is 4.74 Å². The molecule has 0 aliphatic carbocycles. The zero-order valence-corrected chi connectivity index (χ0v) is 12.8. The van der Waals surface area contributed by atoms with Gasteiger partial charge in [-0.1, -0.05) is 64.5 Å². The van der Waals surface area contributed by atoms with Crippen molar-refractivity contribution >= 4 is 0 Å². The van der Waals surface area contributed by atoms with Crippen molar-refractivity contribution in [3.63, 3.8) is 0 Å². The molecule has 1 nitrogen and oxygen atoms in total. The minimum Gasteiger partial charge on any atom is -0.381 e. The number of hydrogen-bond acceptors (Lipinski definition) is 1. The third kappa shape index (κ3) is 15.7. The van der Waals surface area contributed by atoms with E-state index in [0.29, 0.717) is 0 Å². The summed E-state index contributed by atoms with van der Waals surface area (Å²) in [6.07, 6.45) is 19.1. The number of rotatable bonds is 14. The van der Waals surface area contributed by atoms with Gasteiger partial charge in [0.1, 0.15) is 0 Å². The molecule has 0 aliphatic rings. The van der Waals surface area contributed by atoms with Crippen LogP contribution in [-0.4, -0.2) is 13.2 Å².